The van der Waals surface area contributed by atoms with Crippen molar-refractivity contribution in [3.05, 3.63) is 41.6 Å². The van der Waals surface area contributed by atoms with Crippen LogP contribution in [-0.2, 0) is 0 Å². The second-order valence-corrected chi connectivity index (χ2v) is 3.02. The van der Waals surface area contributed by atoms with Crippen LogP contribution in [0.2, 0.25) is 0 Å². The number of terminal acetylenes is 1. The van der Waals surface area contributed by atoms with Crippen molar-refractivity contribution >= 4 is 10.9 Å². The highest BCUT2D eigenvalue weighted by atomic mass is 14.6. The highest BCUT2D eigenvalue weighted by Crippen LogP contribution is 2.16. The van der Waals surface area contributed by atoms with Gasteiger partial charge >= 0.3 is 0 Å². The molecule has 0 saturated heterocycles. The van der Waals surface area contributed by atoms with E-state index in [9.17, 15) is 0 Å². The van der Waals surface area contributed by atoms with Gasteiger partial charge in [0.1, 0.15) is 0 Å². The Kier molecular flexibility index (Phi) is 1.75. The zero-order valence-corrected chi connectivity index (χ0v) is 7.41. The minimum absolute atomic E-state index is 0.911. The summed E-state index contributed by atoms with van der Waals surface area (Å²) in [5.41, 5.74) is 3.08. The van der Waals surface area contributed by atoms with Crippen LogP contribution in [0, 0.1) is 19.3 Å². The summed E-state index contributed by atoms with van der Waals surface area (Å²) in [6.07, 6.45) is 7.13. The molecule has 0 fully saturated rings. The van der Waals surface area contributed by atoms with E-state index in [0.717, 1.165) is 16.5 Å². The summed E-state index contributed by atoms with van der Waals surface area (Å²) in [6.45, 7) is 2.05. The van der Waals surface area contributed by atoms with Crippen LogP contribution >= 0.6 is 0 Å². The molecule has 62 valence electrons. The molecule has 0 N–H and O–H groups in total. The third kappa shape index (κ3) is 1.27. The lowest BCUT2D eigenvalue weighted by Gasteiger charge is -2.00. The van der Waals surface area contributed by atoms with Crippen LogP contribution in [0.15, 0.2) is 30.5 Å². The zero-order valence-electron chi connectivity index (χ0n) is 7.41. The average Bonchev–Trinajstić information content (AvgIpc) is 2.17. The smallest absolute Gasteiger partial charge is 0.0714 e. The van der Waals surface area contributed by atoms with Gasteiger partial charge in [-0.1, -0.05) is 17.6 Å². The van der Waals surface area contributed by atoms with Crippen molar-refractivity contribution in [2.45, 2.75) is 6.92 Å². The molecule has 2 aromatic rings. The molecule has 0 atom stereocenters. The lowest BCUT2D eigenvalue weighted by molar-refractivity contribution is 1.39. The summed E-state index contributed by atoms with van der Waals surface area (Å²) >= 11 is 0. The molecule has 1 aromatic carbocycles. The molecular weight excluding hydrogens is 158 g/mol. The van der Waals surface area contributed by atoms with E-state index in [-0.39, 0.29) is 0 Å². The summed E-state index contributed by atoms with van der Waals surface area (Å²) in [5.74, 6) is 2.66. The van der Waals surface area contributed by atoms with E-state index in [1.54, 1.807) is 6.20 Å². The van der Waals surface area contributed by atoms with Gasteiger partial charge in [0.05, 0.1) is 5.52 Å². The summed E-state index contributed by atoms with van der Waals surface area (Å²) < 4.78 is 0. The van der Waals surface area contributed by atoms with Gasteiger partial charge in [-0.25, -0.2) is 0 Å². The SMILES string of the molecule is C#Cc1ccnc2ccc(C)cc12. The molecule has 2 rings (SSSR count). The van der Waals surface area contributed by atoms with E-state index in [2.05, 4.69) is 17.0 Å². The van der Waals surface area contributed by atoms with Gasteiger partial charge in [0.25, 0.3) is 0 Å². The minimum Gasteiger partial charge on any atom is -0.256 e. The van der Waals surface area contributed by atoms with Gasteiger partial charge in [-0.2, -0.15) is 0 Å². The van der Waals surface area contributed by atoms with Crippen molar-refractivity contribution in [1.29, 1.82) is 0 Å². The number of pyridine rings is 1. The van der Waals surface area contributed by atoms with E-state index < -0.39 is 0 Å². The second-order valence-electron chi connectivity index (χ2n) is 3.02. The van der Waals surface area contributed by atoms with E-state index in [4.69, 9.17) is 6.42 Å². The normalized spacial score (nSPS) is 9.85. The van der Waals surface area contributed by atoms with Crippen molar-refractivity contribution < 1.29 is 0 Å². The standard InChI is InChI=1S/C12H9N/c1-3-10-6-7-13-12-5-4-9(2)8-11(10)12/h1,4-8H,2H3. The largest absolute Gasteiger partial charge is 0.256 e. The van der Waals surface area contributed by atoms with Crippen molar-refractivity contribution in [2.24, 2.45) is 0 Å². The van der Waals surface area contributed by atoms with Gasteiger partial charge in [0, 0.05) is 17.1 Å². The van der Waals surface area contributed by atoms with Gasteiger partial charge < -0.3 is 0 Å². The molecule has 1 heterocycles. The van der Waals surface area contributed by atoms with Gasteiger partial charge in [-0.15, -0.1) is 6.42 Å². The number of hydrogen-bond acceptors (Lipinski definition) is 1. The second kappa shape index (κ2) is 2.91. The first kappa shape index (κ1) is 7.82. The Bertz CT molecular complexity index is 492. The number of nitrogens with zero attached hydrogens (tertiary/aromatic N) is 1. The maximum Gasteiger partial charge on any atom is 0.0714 e. The summed E-state index contributed by atoms with van der Waals surface area (Å²) in [4.78, 5) is 4.24. The van der Waals surface area contributed by atoms with Crippen LogP contribution in [0.1, 0.15) is 11.1 Å². The summed E-state index contributed by atoms with van der Waals surface area (Å²) in [7, 11) is 0. The maximum atomic E-state index is 5.39. The first-order valence-corrected chi connectivity index (χ1v) is 4.13. The molecule has 1 heteroatoms. The third-order valence-corrected chi connectivity index (χ3v) is 2.05. The molecule has 0 unspecified atom stereocenters. The van der Waals surface area contributed by atoms with Crippen LogP contribution in [0.3, 0.4) is 0 Å². The van der Waals surface area contributed by atoms with Crippen molar-refractivity contribution in [1.82, 2.24) is 4.98 Å². The third-order valence-electron chi connectivity index (χ3n) is 2.05. The summed E-state index contributed by atoms with van der Waals surface area (Å²) in [5, 5.41) is 1.06. The molecule has 0 bridgehead atoms. The number of rotatable bonds is 0. The van der Waals surface area contributed by atoms with E-state index in [0.29, 0.717) is 0 Å². The Morgan fingerprint density at radius 3 is 2.92 bits per heavy atom. The Morgan fingerprint density at radius 2 is 2.15 bits per heavy atom. The number of aromatic nitrogens is 1. The molecule has 0 aliphatic rings. The van der Waals surface area contributed by atoms with Gasteiger partial charge in [0.2, 0.25) is 0 Å². The number of fused-ring (bicyclic) bond motifs is 1. The first-order chi connectivity index (χ1) is 6.31. The molecule has 1 nitrogen and oxygen atoms in total. The van der Waals surface area contributed by atoms with Crippen molar-refractivity contribution in [3.8, 4) is 12.3 Å². The molecule has 0 saturated carbocycles. The molecule has 0 spiro atoms. The molecule has 13 heavy (non-hydrogen) atoms. The zero-order chi connectivity index (χ0) is 9.26. The minimum atomic E-state index is 0.911. The molecule has 0 aliphatic carbocycles. The highest BCUT2D eigenvalue weighted by Gasteiger charge is 1.98. The fraction of sp³-hybridized carbons (Fsp3) is 0.0833. The van der Waals surface area contributed by atoms with Crippen LogP contribution in [0.4, 0.5) is 0 Å². The van der Waals surface area contributed by atoms with E-state index in [1.807, 2.05) is 25.1 Å². The lowest BCUT2D eigenvalue weighted by atomic mass is 10.1. The average molecular weight is 167 g/mol. The summed E-state index contributed by atoms with van der Waals surface area (Å²) in [6, 6.07) is 7.96. The molecule has 0 aliphatic heterocycles. The number of aryl methyl sites for hydroxylation is 1. The maximum absolute atomic E-state index is 5.39. The number of hydrogen-bond donors (Lipinski definition) is 0. The van der Waals surface area contributed by atoms with Gasteiger partial charge in [-0.05, 0) is 25.1 Å². The molecule has 0 radical (unpaired) electrons. The fourth-order valence-electron chi connectivity index (χ4n) is 1.39. The topological polar surface area (TPSA) is 12.9 Å². The van der Waals surface area contributed by atoms with Gasteiger partial charge in [-0.3, -0.25) is 4.98 Å². The Balaban J connectivity index is 2.89. The van der Waals surface area contributed by atoms with Crippen molar-refractivity contribution in [2.75, 3.05) is 0 Å². The van der Waals surface area contributed by atoms with Crippen LogP contribution in [-0.4, -0.2) is 4.98 Å². The van der Waals surface area contributed by atoms with E-state index in [1.165, 1.54) is 5.56 Å². The Labute approximate surface area is 77.4 Å². The van der Waals surface area contributed by atoms with Crippen LogP contribution < -0.4 is 0 Å². The van der Waals surface area contributed by atoms with Gasteiger partial charge in [0.15, 0.2) is 0 Å². The van der Waals surface area contributed by atoms with Crippen LogP contribution in [0.25, 0.3) is 10.9 Å². The van der Waals surface area contributed by atoms with E-state index >= 15 is 0 Å². The molecule has 0 amide bonds. The number of benzene rings is 1. The van der Waals surface area contributed by atoms with Crippen LogP contribution in [0.5, 0.6) is 0 Å². The lowest BCUT2D eigenvalue weighted by Crippen LogP contribution is -1.83. The first-order valence-electron chi connectivity index (χ1n) is 4.13. The molecule has 1 aromatic heterocycles. The van der Waals surface area contributed by atoms with Crippen molar-refractivity contribution in [3.63, 3.8) is 0 Å². The fourth-order valence-corrected chi connectivity index (χ4v) is 1.39. The monoisotopic (exact) mass is 167 g/mol. The predicted molar refractivity (Wildman–Crippen MR) is 54.4 cm³/mol. The molecular formula is C12H9N. The Morgan fingerprint density at radius 1 is 1.31 bits per heavy atom. The Hall–Kier alpha value is -1.81. The highest BCUT2D eigenvalue weighted by molar-refractivity contribution is 5.85. The quantitative estimate of drug-likeness (QED) is 0.549. The predicted octanol–water partition coefficient (Wildman–Crippen LogP) is 2.52.